The van der Waals surface area contributed by atoms with Gasteiger partial charge in [0.15, 0.2) is 0 Å². The molecule has 0 radical (unpaired) electrons. The molecule has 0 aromatic heterocycles. The van der Waals surface area contributed by atoms with Crippen molar-refractivity contribution in [2.45, 2.75) is 36.6 Å². The Bertz CT molecular complexity index is 865. The Morgan fingerprint density at radius 3 is 1.00 bits per heavy atom. The fourth-order valence-corrected chi connectivity index (χ4v) is 5.78. The predicted molar refractivity (Wildman–Crippen MR) is 91.7 cm³/mol. The standard InChI is InChI=1S/C12H21O18P3.3Na/c13-4(14)1-31(22,23)28-10-8(20)7(19)9(21)11(29-32(24,25)2-5(15)16)12(10)30-33(26,27)3-6(17)18;;;/h7-12,19-21H,1-3H2,(H,13,14)(H,15,16)(H,17,18)(H,22,23)(H,24,25)(H,26,27);;;/q;3*+1/p-3/t7-,8-,9+,10-,11-,12-;;;/m0.../s1. The molecule has 24 heteroatoms. The molecule has 1 saturated carbocycles. The van der Waals surface area contributed by atoms with Crippen molar-refractivity contribution in [3.63, 3.8) is 0 Å². The Morgan fingerprint density at radius 1 is 0.556 bits per heavy atom. The largest absolute Gasteiger partial charge is 1.00 e. The van der Waals surface area contributed by atoms with Crippen LogP contribution in [0.4, 0.5) is 0 Å². The normalized spacial score (nSPS) is 30.5. The summed E-state index contributed by atoms with van der Waals surface area (Å²) < 4.78 is 49.5. The number of hydrogen-bond acceptors (Lipinski definition) is 15. The van der Waals surface area contributed by atoms with Gasteiger partial charge in [0.1, 0.15) is 36.6 Å². The van der Waals surface area contributed by atoms with Gasteiger partial charge in [0.05, 0.1) is 36.4 Å². The van der Waals surface area contributed by atoms with Gasteiger partial charge in [-0.05, 0) is 0 Å². The first-order valence-corrected chi connectivity index (χ1v) is 13.7. The first-order valence-electron chi connectivity index (χ1n) is 8.41. The SMILES string of the molecule is O=C([O-])CP(=O)(O)O[C@@H]1[C@@H](OP(=O)(O)CC(=O)[O-])[C@H](O)[C@@H](O)[C@H](O)[C@@H]1OP(=O)(O)CC(=O)[O-].[Na+].[Na+].[Na+]. The molecule has 1 aliphatic carbocycles. The number of aliphatic carboxylic acids is 3. The van der Waals surface area contributed by atoms with Crippen molar-refractivity contribution in [3.05, 3.63) is 0 Å². The van der Waals surface area contributed by atoms with E-state index >= 15 is 0 Å². The molecular weight excluding hydrogens is 594 g/mol. The third-order valence-corrected chi connectivity index (χ3v) is 7.56. The molecule has 3 unspecified atom stereocenters. The van der Waals surface area contributed by atoms with E-state index in [-0.39, 0.29) is 88.7 Å². The van der Waals surface area contributed by atoms with Crippen LogP contribution >= 0.6 is 22.8 Å². The van der Waals surface area contributed by atoms with E-state index in [1.807, 2.05) is 0 Å². The molecule has 0 aromatic carbocycles. The number of aliphatic hydroxyl groups is 3. The Balaban J connectivity index is -0.00000363. The van der Waals surface area contributed by atoms with E-state index in [2.05, 4.69) is 13.6 Å². The van der Waals surface area contributed by atoms with Crippen molar-refractivity contribution in [3.8, 4) is 0 Å². The van der Waals surface area contributed by atoms with Gasteiger partial charge in [-0.2, -0.15) is 0 Å². The van der Waals surface area contributed by atoms with Crippen molar-refractivity contribution < 1.29 is 176 Å². The minimum absolute atomic E-state index is 0. The Kier molecular flexibility index (Phi) is 19.8. The molecule has 0 aromatic rings. The van der Waals surface area contributed by atoms with Crippen LogP contribution in [-0.4, -0.2) is 103 Å². The summed E-state index contributed by atoms with van der Waals surface area (Å²) in [4.78, 5) is 60.9. The third kappa shape index (κ3) is 13.9. The number of carbonyl (C=O) groups is 3. The van der Waals surface area contributed by atoms with E-state index < -0.39 is 95.8 Å². The van der Waals surface area contributed by atoms with Crippen LogP contribution in [-0.2, 0) is 41.6 Å². The maximum absolute atomic E-state index is 12.1. The molecule has 0 heterocycles. The molecule has 9 atom stereocenters. The van der Waals surface area contributed by atoms with E-state index in [1.165, 1.54) is 0 Å². The van der Waals surface area contributed by atoms with Crippen LogP contribution in [0.3, 0.4) is 0 Å². The molecular formula is C12H18Na3O18P3. The molecule has 0 bridgehead atoms. The van der Waals surface area contributed by atoms with Gasteiger partial charge in [0.2, 0.25) is 0 Å². The predicted octanol–water partition coefficient (Wildman–Crippen LogP) is -15.9. The van der Waals surface area contributed by atoms with E-state index in [9.17, 15) is 73.4 Å². The summed E-state index contributed by atoms with van der Waals surface area (Å²) in [5.41, 5.74) is 0. The second-order valence-electron chi connectivity index (χ2n) is 6.68. The Hall–Kier alpha value is 1.74. The Labute approximate surface area is 268 Å². The number of carbonyl (C=O) groups excluding carboxylic acids is 3. The maximum Gasteiger partial charge on any atom is 1.00 e. The van der Waals surface area contributed by atoms with Gasteiger partial charge in [-0.1, -0.05) is 0 Å². The molecule has 36 heavy (non-hydrogen) atoms. The van der Waals surface area contributed by atoms with Gasteiger partial charge in [-0.15, -0.1) is 0 Å². The zero-order valence-corrected chi connectivity index (χ0v) is 27.7. The van der Waals surface area contributed by atoms with Crippen LogP contribution in [0.1, 0.15) is 0 Å². The smallest absolute Gasteiger partial charge is 0.549 e. The zero-order chi connectivity index (χ0) is 25.9. The summed E-state index contributed by atoms with van der Waals surface area (Å²) >= 11 is 0. The molecule has 1 rings (SSSR count). The molecule has 1 fully saturated rings. The van der Waals surface area contributed by atoms with Crippen LogP contribution in [0.2, 0.25) is 0 Å². The van der Waals surface area contributed by atoms with Crippen molar-refractivity contribution in [2.75, 3.05) is 18.5 Å². The average Bonchev–Trinajstić information content (AvgIpc) is 2.56. The first kappa shape index (κ1) is 42.2. The molecule has 0 aliphatic heterocycles. The minimum atomic E-state index is -5.38. The topological polar surface area (TPSA) is 321 Å². The number of aliphatic hydroxyl groups excluding tert-OH is 3. The van der Waals surface area contributed by atoms with Crippen molar-refractivity contribution in [2.24, 2.45) is 0 Å². The van der Waals surface area contributed by atoms with Crippen LogP contribution in [0, 0.1) is 0 Å². The molecule has 0 spiro atoms. The van der Waals surface area contributed by atoms with Crippen LogP contribution in [0.15, 0.2) is 0 Å². The summed E-state index contributed by atoms with van der Waals surface area (Å²) in [6, 6.07) is 0. The van der Waals surface area contributed by atoms with Gasteiger partial charge < -0.3 is 59.7 Å². The molecule has 18 nitrogen and oxygen atoms in total. The molecule has 0 amide bonds. The summed E-state index contributed by atoms with van der Waals surface area (Å²) in [5, 5.41) is 62.1. The number of carboxylic acids is 3. The molecule has 0 saturated heterocycles. The quantitative estimate of drug-likeness (QED) is 0.0880. The number of carboxylic acid groups (broad SMARTS) is 3. The maximum atomic E-state index is 12.1. The van der Waals surface area contributed by atoms with Gasteiger partial charge in [0.25, 0.3) is 0 Å². The van der Waals surface area contributed by atoms with Gasteiger partial charge in [-0.3, -0.25) is 27.3 Å². The van der Waals surface area contributed by atoms with E-state index in [0.717, 1.165) is 0 Å². The average molecular weight is 612 g/mol. The van der Waals surface area contributed by atoms with Gasteiger partial charge in [-0.25, -0.2) is 0 Å². The second kappa shape index (κ2) is 16.9. The van der Waals surface area contributed by atoms with Crippen molar-refractivity contribution in [1.29, 1.82) is 0 Å². The summed E-state index contributed by atoms with van der Waals surface area (Å²) in [7, 11) is -16.0. The van der Waals surface area contributed by atoms with Crippen LogP contribution < -0.4 is 104 Å². The van der Waals surface area contributed by atoms with Gasteiger partial charge >= 0.3 is 111 Å². The fourth-order valence-electron chi connectivity index (χ4n) is 2.70. The summed E-state index contributed by atoms with van der Waals surface area (Å²) in [6.45, 7) is 0. The third-order valence-electron chi connectivity index (χ3n) is 3.87. The van der Waals surface area contributed by atoms with E-state index in [0.29, 0.717) is 0 Å². The molecule has 192 valence electrons. The minimum Gasteiger partial charge on any atom is -0.549 e. The van der Waals surface area contributed by atoms with Crippen molar-refractivity contribution in [1.82, 2.24) is 0 Å². The van der Waals surface area contributed by atoms with E-state index in [4.69, 9.17) is 0 Å². The summed E-state index contributed by atoms with van der Waals surface area (Å²) in [5.74, 6) is -6.49. The van der Waals surface area contributed by atoms with Crippen molar-refractivity contribution >= 4 is 40.7 Å². The number of rotatable bonds is 12. The molecule has 6 N–H and O–H groups in total. The van der Waals surface area contributed by atoms with E-state index in [1.54, 1.807) is 0 Å². The van der Waals surface area contributed by atoms with Crippen LogP contribution in [0.25, 0.3) is 0 Å². The summed E-state index contributed by atoms with van der Waals surface area (Å²) in [6.07, 6.45) is -20.6. The van der Waals surface area contributed by atoms with Crippen LogP contribution in [0.5, 0.6) is 0 Å². The molecule has 1 aliphatic rings. The number of hydrogen-bond donors (Lipinski definition) is 6. The zero-order valence-electron chi connectivity index (χ0n) is 19.0. The fraction of sp³-hybridized carbons (Fsp3) is 0.750. The van der Waals surface area contributed by atoms with Gasteiger partial charge in [0, 0.05) is 0 Å². The second-order valence-corrected chi connectivity index (χ2v) is 12.1. The first-order chi connectivity index (χ1) is 14.8. The Morgan fingerprint density at radius 2 is 0.778 bits per heavy atom. The monoisotopic (exact) mass is 612 g/mol.